The smallest absolute Gasteiger partial charge is 1.00 e. The molecule has 0 N–H and O–H groups in total. The van der Waals surface area contributed by atoms with Gasteiger partial charge in [-0.3, -0.25) is 0 Å². The van der Waals surface area contributed by atoms with E-state index in [1.807, 2.05) is 0 Å². The molecule has 0 aromatic heterocycles. The molecule has 0 aliphatic carbocycles. The van der Waals surface area contributed by atoms with Gasteiger partial charge in [0.2, 0.25) is 6.29 Å². The molecule has 0 atom stereocenters. The number of esters is 1. The van der Waals surface area contributed by atoms with Crippen LogP contribution in [0.1, 0.15) is 1.43 Å². The molecule has 0 fully saturated rings. The van der Waals surface area contributed by atoms with E-state index in [-0.39, 0.29) is 36.6 Å². The van der Waals surface area contributed by atoms with E-state index in [4.69, 9.17) is 0 Å². The first-order valence-electron chi connectivity index (χ1n) is 3.10. The van der Waals surface area contributed by atoms with Crippen LogP contribution in [0.5, 0.6) is 0 Å². The quantitative estimate of drug-likeness (QED) is 0.155. The molecule has 0 aromatic rings. The molecule has 0 rings (SSSR count). The van der Waals surface area contributed by atoms with Gasteiger partial charge in [-0.05, 0) is 0 Å². The average molecular weight is 198 g/mol. The third kappa shape index (κ3) is 4.57. The average Bonchev–Trinajstić information content (AvgIpc) is 2.12. The van der Waals surface area contributed by atoms with E-state index in [2.05, 4.69) is 14.2 Å². The van der Waals surface area contributed by atoms with Gasteiger partial charge in [0, 0.05) is 14.2 Å². The molecule has 0 unspecified atom stereocenters. The van der Waals surface area contributed by atoms with Gasteiger partial charge in [0.1, 0.15) is 5.94 Å². The Morgan fingerprint density at radius 3 is 2.00 bits per heavy atom. The number of carbonyl (C=O) groups excluding carboxylic acids is 2. The standard InChI is InChI=1S/C7H10O5.Na.H/c1-10-6(9)5(4-8)7(11-2)12-3;;/h7H,1-3H3;;/q;+1;-1. The van der Waals surface area contributed by atoms with Gasteiger partial charge >= 0.3 is 35.5 Å². The Morgan fingerprint density at radius 1 is 1.31 bits per heavy atom. The summed E-state index contributed by atoms with van der Waals surface area (Å²) in [5.74, 6) is 0.590. The fourth-order valence-corrected chi connectivity index (χ4v) is 0.628. The molecule has 70 valence electrons. The van der Waals surface area contributed by atoms with Crippen LogP contribution < -0.4 is 29.6 Å². The van der Waals surface area contributed by atoms with Gasteiger partial charge in [0.05, 0.1) is 7.11 Å². The SMILES string of the molecule is COC(=O)C(=C=O)C(OC)OC.[H-].[Na+]. The second-order valence-electron chi connectivity index (χ2n) is 1.81. The Hall–Kier alpha value is -0.160. The summed E-state index contributed by atoms with van der Waals surface area (Å²) in [4.78, 5) is 21.1. The maximum Gasteiger partial charge on any atom is 1.00 e. The van der Waals surface area contributed by atoms with Crippen molar-refractivity contribution in [2.24, 2.45) is 0 Å². The minimum atomic E-state index is -1.02. The molecule has 6 heteroatoms. The van der Waals surface area contributed by atoms with E-state index in [1.54, 1.807) is 0 Å². The normalized spacial score (nSPS) is 8.62. The van der Waals surface area contributed by atoms with Crippen molar-refractivity contribution in [2.75, 3.05) is 21.3 Å². The van der Waals surface area contributed by atoms with Crippen molar-refractivity contribution < 1.29 is 54.8 Å². The third-order valence-electron chi connectivity index (χ3n) is 1.18. The molecule has 0 bridgehead atoms. The van der Waals surface area contributed by atoms with Gasteiger partial charge in [-0.25, -0.2) is 9.59 Å². The van der Waals surface area contributed by atoms with Crippen LogP contribution in [0.3, 0.4) is 0 Å². The van der Waals surface area contributed by atoms with Gasteiger partial charge in [-0.1, -0.05) is 0 Å². The van der Waals surface area contributed by atoms with Gasteiger partial charge in [-0.2, -0.15) is 0 Å². The van der Waals surface area contributed by atoms with Crippen molar-refractivity contribution >= 4 is 11.9 Å². The number of hydrogen-bond acceptors (Lipinski definition) is 5. The molecule has 13 heavy (non-hydrogen) atoms. The van der Waals surface area contributed by atoms with Crippen LogP contribution in [-0.4, -0.2) is 39.5 Å². The predicted octanol–water partition coefficient (Wildman–Crippen LogP) is -3.35. The second kappa shape index (κ2) is 8.44. The maximum absolute atomic E-state index is 10.8. The fraction of sp³-hybridized carbons (Fsp3) is 0.571. The molecule has 0 radical (unpaired) electrons. The summed E-state index contributed by atoms with van der Waals surface area (Å²) in [6.07, 6.45) is -1.02. The van der Waals surface area contributed by atoms with Crippen LogP contribution in [0.4, 0.5) is 0 Å². The summed E-state index contributed by atoms with van der Waals surface area (Å²) in [5, 5.41) is 0. The molecule has 0 spiro atoms. The molecule has 0 heterocycles. The third-order valence-corrected chi connectivity index (χ3v) is 1.18. The topological polar surface area (TPSA) is 61.8 Å². The number of carbonyl (C=O) groups is 1. The van der Waals surface area contributed by atoms with E-state index in [0.717, 1.165) is 7.11 Å². The van der Waals surface area contributed by atoms with E-state index in [1.165, 1.54) is 20.2 Å². The summed E-state index contributed by atoms with van der Waals surface area (Å²) >= 11 is 0. The van der Waals surface area contributed by atoms with Crippen LogP contribution in [0.2, 0.25) is 0 Å². The Morgan fingerprint density at radius 2 is 1.77 bits per heavy atom. The van der Waals surface area contributed by atoms with Crippen LogP contribution in [0.15, 0.2) is 5.57 Å². The summed E-state index contributed by atoms with van der Waals surface area (Å²) in [6.45, 7) is 0. The van der Waals surface area contributed by atoms with Gasteiger partial charge in [0.25, 0.3) is 0 Å². The van der Waals surface area contributed by atoms with Crippen molar-refractivity contribution in [1.29, 1.82) is 0 Å². The van der Waals surface area contributed by atoms with Crippen LogP contribution in [-0.2, 0) is 23.8 Å². The van der Waals surface area contributed by atoms with E-state index < -0.39 is 12.3 Å². The molecule has 0 saturated heterocycles. The fourth-order valence-electron chi connectivity index (χ4n) is 0.628. The summed E-state index contributed by atoms with van der Waals surface area (Å²) in [7, 11) is 3.75. The first-order chi connectivity index (χ1) is 5.71. The molecule has 0 saturated carbocycles. The van der Waals surface area contributed by atoms with Crippen molar-refractivity contribution in [1.82, 2.24) is 0 Å². The van der Waals surface area contributed by atoms with Crippen molar-refractivity contribution in [2.45, 2.75) is 6.29 Å². The van der Waals surface area contributed by atoms with Crippen LogP contribution in [0, 0.1) is 0 Å². The number of ether oxygens (including phenoxy) is 3. The van der Waals surface area contributed by atoms with E-state index in [0.29, 0.717) is 0 Å². The molecule has 0 aromatic carbocycles. The number of hydrogen-bond donors (Lipinski definition) is 0. The van der Waals surface area contributed by atoms with Crippen LogP contribution >= 0.6 is 0 Å². The van der Waals surface area contributed by atoms with Gasteiger partial charge in [0.15, 0.2) is 5.57 Å². The van der Waals surface area contributed by atoms with Crippen molar-refractivity contribution in [3.05, 3.63) is 5.57 Å². The number of rotatable bonds is 4. The maximum atomic E-state index is 10.8. The monoisotopic (exact) mass is 198 g/mol. The summed E-state index contributed by atoms with van der Waals surface area (Å²) in [6, 6.07) is 0. The Labute approximate surface area is 99.8 Å². The van der Waals surface area contributed by atoms with E-state index in [9.17, 15) is 9.59 Å². The molecular formula is C7H11NaO5. The predicted molar refractivity (Wildman–Crippen MR) is 40.1 cm³/mol. The summed E-state index contributed by atoms with van der Waals surface area (Å²) < 4.78 is 13.6. The van der Waals surface area contributed by atoms with Gasteiger partial charge in [-0.15, -0.1) is 0 Å². The molecule has 5 nitrogen and oxygen atoms in total. The Kier molecular flexibility index (Phi) is 9.94. The Balaban J connectivity index is -0.000000605. The molecule has 0 aliphatic rings. The number of methoxy groups -OCH3 is 3. The first-order valence-corrected chi connectivity index (χ1v) is 3.10. The van der Waals surface area contributed by atoms with E-state index >= 15 is 0 Å². The first kappa shape index (κ1) is 15.3. The largest absolute Gasteiger partial charge is 1.00 e. The van der Waals surface area contributed by atoms with Crippen molar-refractivity contribution in [3.8, 4) is 0 Å². The van der Waals surface area contributed by atoms with Crippen LogP contribution in [0.25, 0.3) is 0 Å². The molecule has 0 amide bonds. The Bertz CT molecular complexity index is 210. The second-order valence-corrected chi connectivity index (χ2v) is 1.81. The summed E-state index contributed by atoms with van der Waals surface area (Å²) in [5.41, 5.74) is -0.317. The molecule has 0 aliphatic heterocycles. The zero-order valence-corrected chi connectivity index (χ0v) is 10.1. The minimum Gasteiger partial charge on any atom is -1.00 e. The zero-order chi connectivity index (χ0) is 9.56. The molecular weight excluding hydrogens is 187 g/mol. The zero-order valence-electron chi connectivity index (χ0n) is 9.12. The van der Waals surface area contributed by atoms with Crippen molar-refractivity contribution in [3.63, 3.8) is 0 Å². The van der Waals surface area contributed by atoms with Gasteiger partial charge < -0.3 is 15.6 Å². The minimum absolute atomic E-state index is 0.